The Labute approximate surface area is 118 Å². The number of anilines is 1. The molecule has 5 nitrogen and oxygen atoms in total. The van der Waals surface area contributed by atoms with Crippen LogP contribution in [0.2, 0.25) is 0 Å². The van der Waals surface area contributed by atoms with Gasteiger partial charge in [0, 0.05) is 6.54 Å². The molecule has 0 amide bonds. The van der Waals surface area contributed by atoms with Crippen LogP contribution in [0.1, 0.15) is 25.7 Å². The maximum Gasteiger partial charge on any atom is 0.238 e. The van der Waals surface area contributed by atoms with Crippen LogP contribution in [0.15, 0.2) is 23.1 Å². The van der Waals surface area contributed by atoms with Crippen molar-refractivity contribution in [2.75, 3.05) is 11.9 Å². The summed E-state index contributed by atoms with van der Waals surface area (Å²) in [5, 5.41) is 17.5. The van der Waals surface area contributed by atoms with Crippen molar-refractivity contribution in [1.29, 1.82) is 0 Å². The average Bonchev–Trinajstić information content (AvgIpc) is 2.36. The molecule has 1 saturated carbocycles. The Kier molecular flexibility index (Phi) is 4.62. The molecule has 2 rings (SSSR count). The fraction of sp³-hybridized carbons (Fsp3) is 0.538. The fourth-order valence-corrected chi connectivity index (χ4v) is 3.04. The lowest BCUT2D eigenvalue weighted by Gasteiger charge is -2.26. The van der Waals surface area contributed by atoms with Crippen LogP contribution >= 0.6 is 0 Å². The van der Waals surface area contributed by atoms with Gasteiger partial charge in [0.2, 0.25) is 10.0 Å². The van der Waals surface area contributed by atoms with E-state index >= 15 is 0 Å². The summed E-state index contributed by atoms with van der Waals surface area (Å²) >= 11 is 0. The third-order valence-corrected chi connectivity index (χ3v) is 4.52. The largest absolute Gasteiger partial charge is 0.393 e. The molecule has 7 heteroatoms. The van der Waals surface area contributed by atoms with Crippen molar-refractivity contribution >= 4 is 15.7 Å². The number of halogens is 1. The molecule has 1 aliphatic rings. The van der Waals surface area contributed by atoms with Crippen molar-refractivity contribution < 1.29 is 17.9 Å². The summed E-state index contributed by atoms with van der Waals surface area (Å²) < 4.78 is 36.0. The van der Waals surface area contributed by atoms with E-state index < -0.39 is 15.8 Å². The number of sulfonamides is 1. The van der Waals surface area contributed by atoms with Gasteiger partial charge in [-0.2, -0.15) is 0 Å². The number of benzene rings is 1. The predicted octanol–water partition coefficient (Wildman–Crippen LogP) is 1.44. The molecule has 1 fully saturated rings. The zero-order valence-electron chi connectivity index (χ0n) is 11.0. The topological polar surface area (TPSA) is 92.4 Å². The van der Waals surface area contributed by atoms with Gasteiger partial charge in [-0.25, -0.2) is 17.9 Å². The Morgan fingerprint density at radius 3 is 2.75 bits per heavy atom. The first-order valence-electron chi connectivity index (χ1n) is 6.60. The minimum absolute atomic E-state index is 0.242. The van der Waals surface area contributed by atoms with Crippen LogP contribution in [-0.4, -0.2) is 26.2 Å². The van der Waals surface area contributed by atoms with Crippen molar-refractivity contribution in [3.63, 3.8) is 0 Å². The van der Waals surface area contributed by atoms with Crippen molar-refractivity contribution in [3.05, 3.63) is 24.0 Å². The van der Waals surface area contributed by atoms with Crippen LogP contribution in [0.25, 0.3) is 0 Å². The normalized spacial score (nSPS) is 23.6. The quantitative estimate of drug-likeness (QED) is 0.784. The van der Waals surface area contributed by atoms with Gasteiger partial charge in [0.25, 0.3) is 0 Å². The molecule has 1 aromatic carbocycles. The Morgan fingerprint density at radius 2 is 2.15 bits per heavy atom. The van der Waals surface area contributed by atoms with E-state index in [4.69, 9.17) is 5.14 Å². The van der Waals surface area contributed by atoms with E-state index in [1.54, 1.807) is 0 Å². The van der Waals surface area contributed by atoms with E-state index in [1.165, 1.54) is 12.1 Å². The lowest BCUT2D eigenvalue weighted by Crippen LogP contribution is -2.25. The van der Waals surface area contributed by atoms with Crippen molar-refractivity contribution in [2.24, 2.45) is 11.1 Å². The zero-order valence-corrected chi connectivity index (χ0v) is 11.9. The Morgan fingerprint density at radius 1 is 1.40 bits per heavy atom. The maximum absolute atomic E-state index is 13.8. The number of nitrogens with two attached hydrogens (primary N) is 1. The molecule has 112 valence electrons. The van der Waals surface area contributed by atoms with Crippen LogP contribution in [0.4, 0.5) is 10.1 Å². The predicted molar refractivity (Wildman–Crippen MR) is 74.2 cm³/mol. The summed E-state index contributed by atoms with van der Waals surface area (Å²) in [5.41, 5.74) is 0.248. The van der Waals surface area contributed by atoms with E-state index in [9.17, 15) is 17.9 Å². The number of nitrogens with one attached hydrogen (secondary N) is 1. The minimum Gasteiger partial charge on any atom is -0.393 e. The third-order valence-electron chi connectivity index (χ3n) is 3.61. The molecule has 0 aromatic heterocycles. The standard InChI is InChI=1S/C13H19FN2O3S/c14-12-7-11(20(15,18)19)4-5-13(12)16-8-9-2-1-3-10(17)6-9/h4-5,7,9-10,16-17H,1-3,6,8H2,(H2,15,18,19). The van der Waals surface area contributed by atoms with Crippen LogP contribution < -0.4 is 10.5 Å². The highest BCUT2D eigenvalue weighted by Gasteiger charge is 2.20. The molecule has 0 bridgehead atoms. The average molecular weight is 302 g/mol. The van der Waals surface area contributed by atoms with E-state index in [0.717, 1.165) is 25.3 Å². The van der Waals surface area contributed by atoms with Gasteiger partial charge in [-0.05, 0) is 43.4 Å². The molecule has 4 N–H and O–H groups in total. The Balaban J connectivity index is 2.00. The number of rotatable bonds is 4. The monoisotopic (exact) mass is 302 g/mol. The second kappa shape index (κ2) is 6.07. The summed E-state index contributed by atoms with van der Waals surface area (Å²) in [6, 6.07) is 3.55. The van der Waals surface area contributed by atoms with E-state index in [2.05, 4.69) is 5.32 Å². The van der Waals surface area contributed by atoms with Crippen molar-refractivity contribution in [3.8, 4) is 0 Å². The first-order chi connectivity index (χ1) is 9.36. The number of hydrogen-bond donors (Lipinski definition) is 3. The maximum atomic E-state index is 13.8. The van der Waals surface area contributed by atoms with E-state index in [0.29, 0.717) is 18.9 Å². The molecule has 0 saturated heterocycles. The summed E-state index contributed by atoms with van der Waals surface area (Å²) in [6.07, 6.45) is 3.24. The molecule has 0 aliphatic heterocycles. The lowest BCUT2D eigenvalue weighted by atomic mass is 9.87. The molecular weight excluding hydrogens is 283 g/mol. The SMILES string of the molecule is NS(=O)(=O)c1ccc(NCC2CCCC(O)C2)c(F)c1. The summed E-state index contributed by atoms with van der Waals surface area (Å²) in [7, 11) is -3.89. The molecule has 0 heterocycles. The molecule has 1 aromatic rings. The summed E-state index contributed by atoms with van der Waals surface area (Å²) in [6.45, 7) is 0.558. The number of aliphatic hydroxyl groups excluding tert-OH is 1. The van der Waals surface area contributed by atoms with Gasteiger partial charge in [-0.1, -0.05) is 6.42 Å². The van der Waals surface area contributed by atoms with Gasteiger partial charge < -0.3 is 10.4 Å². The van der Waals surface area contributed by atoms with Crippen molar-refractivity contribution in [2.45, 2.75) is 36.7 Å². The molecular formula is C13H19FN2O3S. The molecule has 2 atom stereocenters. The smallest absolute Gasteiger partial charge is 0.238 e. The first kappa shape index (κ1) is 15.2. The third kappa shape index (κ3) is 3.91. The second-order valence-corrected chi connectivity index (χ2v) is 6.82. The van der Waals surface area contributed by atoms with E-state index in [-0.39, 0.29) is 16.7 Å². The Bertz CT molecular complexity index is 577. The van der Waals surface area contributed by atoms with Crippen LogP contribution in [0.3, 0.4) is 0 Å². The van der Waals surface area contributed by atoms with Crippen molar-refractivity contribution in [1.82, 2.24) is 0 Å². The Hall–Kier alpha value is -1.18. The minimum atomic E-state index is -3.89. The molecule has 0 spiro atoms. The van der Waals surface area contributed by atoms with Gasteiger partial charge in [-0.3, -0.25) is 0 Å². The molecule has 2 unspecified atom stereocenters. The van der Waals surface area contributed by atoms with Gasteiger partial charge in [0.15, 0.2) is 0 Å². The summed E-state index contributed by atoms with van der Waals surface area (Å²) in [4.78, 5) is -0.242. The number of hydrogen-bond acceptors (Lipinski definition) is 4. The number of aliphatic hydroxyl groups is 1. The fourth-order valence-electron chi connectivity index (χ4n) is 2.52. The van der Waals surface area contributed by atoms with Gasteiger partial charge in [0.1, 0.15) is 5.82 Å². The van der Waals surface area contributed by atoms with Gasteiger partial charge >= 0.3 is 0 Å². The highest BCUT2D eigenvalue weighted by atomic mass is 32.2. The molecule has 1 aliphatic carbocycles. The van der Waals surface area contributed by atoms with Crippen LogP contribution in [-0.2, 0) is 10.0 Å². The highest BCUT2D eigenvalue weighted by Crippen LogP contribution is 2.25. The highest BCUT2D eigenvalue weighted by molar-refractivity contribution is 7.89. The number of primary sulfonamides is 1. The molecule has 0 radical (unpaired) electrons. The van der Waals surface area contributed by atoms with Gasteiger partial charge in [-0.15, -0.1) is 0 Å². The first-order valence-corrected chi connectivity index (χ1v) is 8.15. The summed E-state index contributed by atoms with van der Waals surface area (Å²) in [5.74, 6) is -0.344. The van der Waals surface area contributed by atoms with Gasteiger partial charge in [0.05, 0.1) is 16.7 Å². The second-order valence-electron chi connectivity index (χ2n) is 5.25. The van der Waals surface area contributed by atoms with Crippen LogP contribution in [0, 0.1) is 11.7 Å². The van der Waals surface area contributed by atoms with Crippen LogP contribution in [0.5, 0.6) is 0 Å². The lowest BCUT2D eigenvalue weighted by molar-refractivity contribution is 0.104. The van der Waals surface area contributed by atoms with E-state index in [1.807, 2.05) is 0 Å². The molecule has 20 heavy (non-hydrogen) atoms. The zero-order chi connectivity index (χ0) is 14.8.